The van der Waals surface area contributed by atoms with Crippen LogP contribution in [0.15, 0.2) is 30.5 Å². The smallest absolute Gasteiger partial charge is 0.274 e. The third-order valence-electron chi connectivity index (χ3n) is 5.28. The fourth-order valence-corrected chi connectivity index (χ4v) is 4.08. The van der Waals surface area contributed by atoms with Crippen molar-refractivity contribution in [2.75, 3.05) is 26.2 Å². The lowest BCUT2D eigenvalue weighted by molar-refractivity contribution is 0.0752. The summed E-state index contributed by atoms with van der Waals surface area (Å²) < 4.78 is 1.66. The molecule has 1 N–H and O–H groups in total. The van der Waals surface area contributed by atoms with E-state index in [0.717, 1.165) is 44.7 Å². The van der Waals surface area contributed by atoms with Gasteiger partial charge in [0.2, 0.25) is 0 Å². The van der Waals surface area contributed by atoms with E-state index in [9.17, 15) is 4.79 Å². The zero-order valence-electron chi connectivity index (χ0n) is 13.8. The van der Waals surface area contributed by atoms with Crippen molar-refractivity contribution in [1.29, 1.82) is 0 Å². The quantitative estimate of drug-likeness (QED) is 0.872. The van der Waals surface area contributed by atoms with Crippen molar-refractivity contribution in [1.82, 2.24) is 20.0 Å². The molecule has 2 fully saturated rings. The Hall–Kier alpha value is -1.56. The number of halogens is 2. The number of hydrogen-bond acceptors (Lipinski definition) is 3. The number of fused-ring (bicyclic) bond motifs is 1. The van der Waals surface area contributed by atoms with Crippen LogP contribution in [0.4, 0.5) is 0 Å². The molecule has 1 aromatic heterocycles. The highest BCUT2D eigenvalue weighted by molar-refractivity contribution is 6.42. The van der Waals surface area contributed by atoms with E-state index in [-0.39, 0.29) is 5.91 Å². The Kier molecular flexibility index (Phi) is 4.71. The summed E-state index contributed by atoms with van der Waals surface area (Å²) in [6.07, 6.45) is 3.91. The first-order valence-electron chi connectivity index (χ1n) is 8.63. The van der Waals surface area contributed by atoms with Crippen LogP contribution in [0.2, 0.25) is 10.0 Å². The molecule has 4 rings (SSSR count). The van der Waals surface area contributed by atoms with Crippen LogP contribution in [0, 0.1) is 11.8 Å². The maximum atomic E-state index is 12.8. The molecule has 25 heavy (non-hydrogen) atoms. The van der Waals surface area contributed by atoms with Gasteiger partial charge in [-0.15, -0.1) is 0 Å². The van der Waals surface area contributed by atoms with Crippen LogP contribution < -0.4 is 5.32 Å². The zero-order chi connectivity index (χ0) is 17.4. The summed E-state index contributed by atoms with van der Waals surface area (Å²) in [5.74, 6) is 1.41. The molecule has 0 radical (unpaired) electrons. The molecule has 0 spiro atoms. The molecule has 2 aliphatic rings. The predicted octanol–water partition coefficient (Wildman–Crippen LogP) is 3.25. The summed E-state index contributed by atoms with van der Waals surface area (Å²) in [6, 6.07) is 7.06. The average Bonchev–Trinajstić information content (AvgIpc) is 3.23. The maximum absolute atomic E-state index is 12.8. The Bertz CT molecular complexity index is 777. The fourth-order valence-electron chi connectivity index (χ4n) is 3.79. The van der Waals surface area contributed by atoms with Gasteiger partial charge in [0.1, 0.15) is 0 Å². The summed E-state index contributed by atoms with van der Waals surface area (Å²) in [6.45, 7) is 3.78. The number of carbonyl (C=O) groups is 1. The van der Waals surface area contributed by atoms with Crippen LogP contribution in [-0.4, -0.2) is 46.8 Å². The van der Waals surface area contributed by atoms with E-state index in [1.165, 1.54) is 0 Å². The van der Waals surface area contributed by atoms with Crippen molar-refractivity contribution in [2.45, 2.75) is 12.8 Å². The van der Waals surface area contributed by atoms with Crippen molar-refractivity contribution < 1.29 is 4.79 Å². The van der Waals surface area contributed by atoms with E-state index in [1.807, 2.05) is 11.0 Å². The van der Waals surface area contributed by atoms with Gasteiger partial charge in [0, 0.05) is 19.3 Å². The fraction of sp³-hybridized carbons (Fsp3) is 0.444. The van der Waals surface area contributed by atoms with E-state index in [4.69, 9.17) is 23.2 Å². The lowest BCUT2D eigenvalue weighted by Crippen LogP contribution is -2.33. The van der Waals surface area contributed by atoms with Gasteiger partial charge in [-0.25, -0.2) is 4.68 Å². The number of hydrogen-bond donors (Lipinski definition) is 1. The van der Waals surface area contributed by atoms with Gasteiger partial charge >= 0.3 is 0 Å². The van der Waals surface area contributed by atoms with Crippen molar-refractivity contribution in [3.63, 3.8) is 0 Å². The topological polar surface area (TPSA) is 50.2 Å². The van der Waals surface area contributed by atoms with Gasteiger partial charge in [0.25, 0.3) is 5.91 Å². The van der Waals surface area contributed by atoms with Gasteiger partial charge in [0.15, 0.2) is 5.69 Å². The summed E-state index contributed by atoms with van der Waals surface area (Å²) in [5, 5.41) is 8.87. The molecule has 1 amide bonds. The predicted molar refractivity (Wildman–Crippen MR) is 98.6 cm³/mol. The van der Waals surface area contributed by atoms with Crippen LogP contribution in [0.25, 0.3) is 5.69 Å². The Balaban J connectivity index is 1.49. The highest BCUT2D eigenvalue weighted by Crippen LogP contribution is 2.28. The molecule has 3 heterocycles. The van der Waals surface area contributed by atoms with Crippen LogP contribution in [0.5, 0.6) is 0 Å². The largest absolute Gasteiger partial charge is 0.337 e. The van der Waals surface area contributed by atoms with E-state index in [2.05, 4.69) is 10.4 Å². The van der Waals surface area contributed by atoms with Crippen molar-refractivity contribution in [3.8, 4) is 5.69 Å². The number of amides is 1. The molecule has 0 saturated carbocycles. The molecule has 0 bridgehead atoms. The number of carbonyl (C=O) groups excluding carboxylic acids is 1. The third kappa shape index (κ3) is 3.41. The van der Waals surface area contributed by atoms with Crippen LogP contribution in [0.1, 0.15) is 23.3 Å². The van der Waals surface area contributed by atoms with E-state index in [0.29, 0.717) is 27.6 Å². The second-order valence-electron chi connectivity index (χ2n) is 6.79. The molecular formula is C18H20Cl2N4O. The molecular weight excluding hydrogens is 359 g/mol. The Labute approximate surface area is 156 Å². The lowest BCUT2D eigenvalue weighted by atomic mass is 9.92. The molecule has 2 aliphatic heterocycles. The monoisotopic (exact) mass is 378 g/mol. The normalized spacial score (nSPS) is 23.4. The number of benzene rings is 1. The number of rotatable bonds is 2. The van der Waals surface area contributed by atoms with Crippen molar-refractivity contribution in [2.24, 2.45) is 11.8 Å². The van der Waals surface area contributed by atoms with Gasteiger partial charge in [-0.3, -0.25) is 4.79 Å². The number of aromatic nitrogens is 2. The molecule has 2 atom stereocenters. The zero-order valence-corrected chi connectivity index (χ0v) is 15.3. The summed E-state index contributed by atoms with van der Waals surface area (Å²) in [7, 11) is 0. The standard InChI is InChI=1S/C18H20Cl2N4O/c19-15-2-1-14(9-16(15)20)24-8-5-17(22-24)18(25)23-6-3-12-10-21-11-13(12)4-7-23/h1-2,5,8-9,12-13,21H,3-4,6-7,10-11H2/t12-,13+. The van der Waals surface area contributed by atoms with Gasteiger partial charge in [-0.2, -0.15) is 5.10 Å². The molecule has 132 valence electrons. The Morgan fingerprint density at radius 1 is 1.08 bits per heavy atom. The minimum atomic E-state index is 0.00624. The Morgan fingerprint density at radius 3 is 2.48 bits per heavy atom. The minimum absolute atomic E-state index is 0.00624. The lowest BCUT2D eigenvalue weighted by Gasteiger charge is -2.19. The molecule has 2 saturated heterocycles. The van der Waals surface area contributed by atoms with Gasteiger partial charge in [-0.05, 0) is 62.0 Å². The summed E-state index contributed by atoms with van der Waals surface area (Å²) in [5.41, 5.74) is 1.25. The highest BCUT2D eigenvalue weighted by atomic mass is 35.5. The average molecular weight is 379 g/mol. The molecule has 5 nitrogen and oxygen atoms in total. The first kappa shape index (κ1) is 16.9. The first-order valence-corrected chi connectivity index (χ1v) is 9.38. The van der Waals surface area contributed by atoms with E-state index >= 15 is 0 Å². The van der Waals surface area contributed by atoms with Gasteiger partial charge in [-0.1, -0.05) is 23.2 Å². The minimum Gasteiger partial charge on any atom is -0.337 e. The second-order valence-corrected chi connectivity index (χ2v) is 7.61. The van der Waals surface area contributed by atoms with Crippen molar-refractivity contribution in [3.05, 3.63) is 46.2 Å². The summed E-state index contributed by atoms with van der Waals surface area (Å²) >= 11 is 12.0. The third-order valence-corrected chi connectivity index (χ3v) is 6.02. The number of nitrogens with zero attached hydrogens (tertiary/aromatic N) is 3. The summed E-state index contributed by atoms with van der Waals surface area (Å²) in [4.78, 5) is 14.8. The van der Waals surface area contributed by atoms with Gasteiger partial charge < -0.3 is 10.2 Å². The molecule has 0 unspecified atom stereocenters. The molecule has 7 heteroatoms. The molecule has 0 aliphatic carbocycles. The highest BCUT2D eigenvalue weighted by Gasteiger charge is 2.32. The van der Waals surface area contributed by atoms with Crippen LogP contribution in [-0.2, 0) is 0 Å². The van der Waals surface area contributed by atoms with E-state index < -0.39 is 0 Å². The number of likely N-dealkylation sites (tertiary alicyclic amines) is 1. The first-order chi connectivity index (χ1) is 12.1. The molecule has 1 aromatic carbocycles. The van der Waals surface area contributed by atoms with E-state index in [1.54, 1.807) is 29.1 Å². The Morgan fingerprint density at radius 2 is 1.80 bits per heavy atom. The maximum Gasteiger partial charge on any atom is 0.274 e. The van der Waals surface area contributed by atoms with Crippen LogP contribution in [0.3, 0.4) is 0 Å². The second kappa shape index (κ2) is 6.98. The van der Waals surface area contributed by atoms with Crippen molar-refractivity contribution >= 4 is 29.1 Å². The van der Waals surface area contributed by atoms with Crippen LogP contribution >= 0.6 is 23.2 Å². The SMILES string of the molecule is O=C(c1ccn(-c2ccc(Cl)c(Cl)c2)n1)N1CC[C@@H]2CNC[C@@H]2CC1. The number of nitrogens with one attached hydrogen (secondary N) is 1. The molecule has 2 aromatic rings. The van der Waals surface area contributed by atoms with Gasteiger partial charge in [0.05, 0.1) is 15.7 Å².